The molecule has 1 N–H and O–H groups in total. The van der Waals surface area contributed by atoms with Crippen LogP contribution in [0.2, 0.25) is 0 Å². The van der Waals surface area contributed by atoms with Gasteiger partial charge in [-0.3, -0.25) is 5.10 Å². The third-order valence-electron chi connectivity index (χ3n) is 8.54. The van der Waals surface area contributed by atoms with E-state index in [9.17, 15) is 4.79 Å². The molecule has 9 nitrogen and oxygen atoms in total. The fourth-order valence-corrected chi connectivity index (χ4v) is 7.15. The summed E-state index contributed by atoms with van der Waals surface area (Å²) in [5, 5.41) is 10.5. The molecule has 0 radical (unpaired) electrons. The lowest BCUT2D eigenvalue weighted by molar-refractivity contribution is 0.0250. The van der Waals surface area contributed by atoms with Gasteiger partial charge in [-0.2, -0.15) is 5.10 Å². The monoisotopic (exact) mass is 625 g/mol. The Balaban J connectivity index is 1.11. The van der Waals surface area contributed by atoms with Gasteiger partial charge in [0.05, 0.1) is 11.9 Å². The largest absolute Gasteiger partial charge is 0.444 e. The summed E-state index contributed by atoms with van der Waals surface area (Å²) in [5.74, 6) is 0.536. The highest BCUT2D eigenvalue weighted by atomic mass is 32.1. The van der Waals surface area contributed by atoms with Crippen molar-refractivity contribution < 1.29 is 9.53 Å². The van der Waals surface area contributed by atoms with E-state index in [0.717, 1.165) is 61.9 Å². The number of nitrogens with one attached hydrogen (secondary N) is 1. The molecule has 4 aromatic heterocycles. The van der Waals surface area contributed by atoms with Gasteiger partial charge in [-0.05, 0) is 75.8 Å². The molecule has 0 bridgehead atoms. The molecule has 0 unspecified atom stereocenters. The van der Waals surface area contributed by atoms with Crippen LogP contribution in [0.15, 0.2) is 79.0 Å². The molecule has 4 heterocycles. The SMILES string of the molecule is CC(C)(C)OC(=O)N(CCCN(C[C@@H]1CC[C@H](n2cc(-c3cccs3)c3cncnc32)C1)c1cn[nH]c1)CCc1ccccc1. The van der Waals surface area contributed by atoms with Crippen molar-refractivity contribution in [1.29, 1.82) is 0 Å². The van der Waals surface area contributed by atoms with E-state index in [0.29, 0.717) is 25.0 Å². The molecule has 10 heteroatoms. The van der Waals surface area contributed by atoms with Crippen LogP contribution in [0.4, 0.5) is 10.5 Å². The minimum atomic E-state index is -0.536. The lowest BCUT2D eigenvalue weighted by Crippen LogP contribution is -2.40. The predicted molar refractivity (Wildman–Crippen MR) is 181 cm³/mol. The average molecular weight is 626 g/mol. The first-order valence-corrected chi connectivity index (χ1v) is 16.8. The van der Waals surface area contributed by atoms with E-state index in [1.54, 1.807) is 17.7 Å². The lowest BCUT2D eigenvalue weighted by atomic mass is 10.1. The van der Waals surface area contributed by atoms with Crippen molar-refractivity contribution in [3.8, 4) is 10.4 Å². The number of nitrogens with zero attached hydrogens (tertiary/aromatic N) is 6. The van der Waals surface area contributed by atoms with Crippen LogP contribution < -0.4 is 4.90 Å². The van der Waals surface area contributed by atoms with Crippen molar-refractivity contribution in [3.05, 3.63) is 84.5 Å². The molecule has 1 amide bonds. The molecule has 0 saturated heterocycles. The minimum absolute atomic E-state index is 0.253. The number of aromatic nitrogens is 5. The standard InChI is InChI=1S/C35H43N7O2S/c1-35(2,3)44-34(43)40(17-14-26-9-5-4-6-10-26)15-8-16-41(29-20-38-39-21-29)23-27-12-13-28(19-27)42-24-31(32-11-7-18-45-32)30-22-36-25-37-33(30)42/h4-7,9-11,18,20-22,24-25,27-28H,8,12-17,19,23H2,1-3H3,(H,38,39)/t27-,28+/m1/s1. The number of H-pyrrole nitrogens is 1. The fraction of sp³-hybridized carbons (Fsp3) is 0.429. The number of rotatable bonds is 12. The van der Waals surface area contributed by atoms with Gasteiger partial charge in [0.15, 0.2) is 0 Å². The van der Waals surface area contributed by atoms with E-state index in [2.05, 4.69) is 60.5 Å². The summed E-state index contributed by atoms with van der Waals surface area (Å²) in [7, 11) is 0. The zero-order valence-electron chi connectivity index (χ0n) is 26.4. The molecular formula is C35H43N7O2S. The van der Waals surface area contributed by atoms with Gasteiger partial charge in [0, 0.05) is 66.6 Å². The Morgan fingerprint density at radius 1 is 1.09 bits per heavy atom. The number of hydrogen-bond donors (Lipinski definition) is 1. The van der Waals surface area contributed by atoms with Crippen LogP contribution in [0.25, 0.3) is 21.5 Å². The van der Waals surface area contributed by atoms with E-state index >= 15 is 0 Å². The maximum atomic E-state index is 13.2. The van der Waals surface area contributed by atoms with E-state index < -0.39 is 5.60 Å². The normalized spacial score (nSPS) is 16.7. The molecule has 1 fully saturated rings. The summed E-state index contributed by atoms with van der Waals surface area (Å²) in [6.07, 6.45) is 14.5. The van der Waals surface area contributed by atoms with Crippen molar-refractivity contribution in [2.45, 2.75) is 64.5 Å². The van der Waals surface area contributed by atoms with Crippen LogP contribution in [-0.2, 0) is 11.2 Å². The number of hydrogen-bond acceptors (Lipinski definition) is 7. The van der Waals surface area contributed by atoms with Gasteiger partial charge in [-0.15, -0.1) is 11.3 Å². The van der Waals surface area contributed by atoms with E-state index in [4.69, 9.17) is 9.72 Å². The highest BCUT2D eigenvalue weighted by Crippen LogP contribution is 2.40. The number of aromatic amines is 1. The number of benzene rings is 1. The Kier molecular flexibility index (Phi) is 9.49. The maximum absolute atomic E-state index is 13.2. The molecule has 0 aliphatic heterocycles. The Bertz CT molecular complexity index is 1640. The molecule has 1 aliphatic carbocycles. The number of thiophene rings is 1. The molecule has 5 aromatic rings. The van der Waals surface area contributed by atoms with Gasteiger partial charge in [-0.25, -0.2) is 14.8 Å². The number of carbonyl (C=O) groups excluding carboxylic acids is 1. The van der Waals surface area contributed by atoms with E-state index in [1.807, 2.05) is 62.5 Å². The van der Waals surface area contributed by atoms with Gasteiger partial charge in [-0.1, -0.05) is 36.4 Å². The van der Waals surface area contributed by atoms with Crippen molar-refractivity contribution in [1.82, 2.24) is 29.6 Å². The summed E-state index contributed by atoms with van der Waals surface area (Å²) < 4.78 is 8.17. The number of amides is 1. The summed E-state index contributed by atoms with van der Waals surface area (Å²) in [4.78, 5) is 27.7. The highest BCUT2D eigenvalue weighted by Gasteiger charge is 2.30. The zero-order chi connectivity index (χ0) is 31.2. The predicted octanol–water partition coefficient (Wildman–Crippen LogP) is 7.60. The Hall–Kier alpha value is -4.18. The first-order valence-electron chi connectivity index (χ1n) is 15.9. The second-order valence-corrected chi connectivity index (χ2v) is 13.9. The number of ether oxygens (including phenoxy) is 1. The topological polar surface area (TPSA) is 92.2 Å². The highest BCUT2D eigenvalue weighted by molar-refractivity contribution is 7.13. The van der Waals surface area contributed by atoms with Crippen molar-refractivity contribution in [3.63, 3.8) is 0 Å². The summed E-state index contributed by atoms with van der Waals surface area (Å²) >= 11 is 1.75. The number of fused-ring (bicyclic) bond motifs is 1. The average Bonchev–Trinajstić information content (AvgIpc) is 3.85. The quantitative estimate of drug-likeness (QED) is 0.154. The molecule has 1 aromatic carbocycles. The molecule has 1 saturated carbocycles. The third-order valence-corrected chi connectivity index (χ3v) is 9.44. The molecule has 236 valence electrons. The van der Waals surface area contributed by atoms with Crippen LogP contribution in [0.5, 0.6) is 0 Å². The second-order valence-electron chi connectivity index (χ2n) is 13.0. The van der Waals surface area contributed by atoms with Gasteiger partial charge in [0.1, 0.15) is 17.6 Å². The van der Waals surface area contributed by atoms with Crippen molar-refractivity contribution in [2.24, 2.45) is 5.92 Å². The molecule has 1 aliphatic rings. The Labute approximate surface area is 269 Å². The molecule has 6 rings (SSSR count). The molecular weight excluding hydrogens is 582 g/mol. The van der Waals surface area contributed by atoms with Crippen LogP contribution in [-0.4, -0.2) is 67.5 Å². The lowest BCUT2D eigenvalue weighted by Gasteiger charge is -2.30. The van der Waals surface area contributed by atoms with Crippen molar-refractivity contribution >= 4 is 34.2 Å². The van der Waals surface area contributed by atoms with Crippen LogP contribution >= 0.6 is 11.3 Å². The van der Waals surface area contributed by atoms with E-state index in [-0.39, 0.29) is 6.09 Å². The van der Waals surface area contributed by atoms with Gasteiger partial charge < -0.3 is 19.1 Å². The first-order chi connectivity index (χ1) is 21.8. The summed E-state index contributed by atoms with van der Waals surface area (Å²) in [5.41, 5.74) is 4.00. The fourth-order valence-electron chi connectivity index (χ4n) is 6.40. The van der Waals surface area contributed by atoms with Gasteiger partial charge in [0.25, 0.3) is 0 Å². The third kappa shape index (κ3) is 7.73. The maximum Gasteiger partial charge on any atom is 0.410 e. The summed E-state index contributed by atoms with van der Waals surface area (Å²) in [6.45, 7) is 8.78. The van der Waals surface area contributed by atoms with Crippen LogP contribution in [0, 0.1) is 5.92 Å². The smallest absolute Gasteiger partial charge is 0.410 e. The van der Waals surface area contributed by atoms with E-state index in [1.165, 1.54) is 16.0 Å². The zero-order valence-corrected chi connectivity index (χ0v) is 27.2. The minimum Gasteiger partial charge on any atom is -0.444 e. The number of anilines is 1. The molecule has 2 atom stereocenters. The van der Waals surface area contributed by atoms with Crippen molar-refractivity contribution in [2.75, 3.05) is 31.1 Å². The first kappa shape index (κ1) is 30.8. The number of carbonyl (C=O) groups is 1. The van der Waals surface area contributed by atoms with Crippen LogP contribution in [0.3, 0.4) is 0 Å². The molecule has 45 heavy (non-hydrogen) atoms. The summed E-state index contributed by atoms with van der Waals surface area (Å²) in [6, 6.07) is 15.0. The van der Waals surface area contributed by atoms with Gasteiger partial charge in [0.2, 0.25) is 0 Å². The van der Waals surface area contributed by atoms with Gasteiger partial charge >= 0.3 is 6.09 Å². The Morgan fingerprint density at radius 3 is 2.71 bits per heavy atom. The molecule has 0 spiro atoms. The van der Waals surface area contributed by atoms with Crippen LogP contribution in [0.1, 0.15) is 58.1 Å². The second kappa shape index (κ2) is 13.9. The Morgan fingerprint density at radius 2 is 1.96 bits per heavy atom.